The van der Waals surface area contributed by atoms with Crippen LogP contribution in [0.4, 0.5) is 16.2 Å². The molecule has 0 aromatic heterocycles. The highest BCUT2D eigenvalue weighted by atomic mass is 16.5. The molecule has 0 bridgehead atoms. The van der Waals surface area contributed by atoms with E-state index in [2.05, 4.69) is 31.4 Å². The first-order valence-corrected chi connectivity index (χ1v) is 7.87. The van der Waals surface area contributed by atoms with E-state index >= 15 is 0 Å². The van der Waals surface area contributed by atoms with Crippen LogP contribution in [0.15, 0.2) is 42.5 Å². The van der Waals surface area contributed by atoms with Crippen LogP contribution in [0.1, 0.15) is 36.7 Å². The minimum Gasteiger partial charge on any atom is -0.495 e. The molecular formula is C19H23N3O3. The molecule has 2 aromatic carbocycles. The fourth-order valence-corrected chi connectivity index (χ4v) is 2.31. The lowest BCUT2D eigenvalue weighted by Gasteiger charge is -2.21. The summed E-state index contributed by atoms with van der Waals surface area (Å²) in [4.78, 5) is 23.3. The van der Waals surface area contributed by atoms with Gasteiger partial charge in [-0.15, -0.1) is 0 Å². The third kappa shape index (κ3) is 4.73. The third-order valence-electron chi connectivity index (χ3n) is 3.73. The van der Waals surface area contributed by atoms with Gasteiger partial charge < -0.3 is 21.1 Å². The number of carbonyl (C=O) groups is 2. The van der Waals surface area contributed by atoms with Gasteiger partial charge >= 0.3 is 6.03 Å². The summed E-state index contributed by atoms with van der Waals surface area (Å²) in [5.41, 5.74) is 7.69. The quantitative estimate of drug-likeness (QED) is 0.791. The zero-order valence-corrected chi connectivity index (χ0v) is 14.8. The zero-order valence-electron chi connectivity index (χ0n) is 14.8. The first-order chi connectivity index (χ1) is 11.7. The zero-order chi connectivity index (χ0) is 18.6. The Morgan fingerprint density at radius 1 is 1.00 bits per heavy atom. The fraction of sp³-hybridized carbons (Fsp3) is 0.263. The Bertz CT molecular complexity index is 777. The molecule has 0 radical (unpaired) electrons. The first-order valence-electron chi connectivity index (χ1n) is 7.87. The molecule has 0 fully saturated rings. The Morgan fingerprint density at radius 3 is 2.16 bits per heavy atom. The summed E-state index contributed by atoms with van der Waals surface area (Å²) in [6.07, 6.45) is 0. The summed E-state index contributed by atoms with van der Waals surface area (Å²) < 4.78 is 5.34. The Hall–Kier alpha value is -3.02. The van der Waals surface area contributed by atoms with Gasteiger partial charge in [0.05, 0.1) is 12.8 Å². The van der Waals surface area contributed by atoms with Crippen molar-refractivity contribution in [2.24, 2.45) is 5.73 Å². The number of rotatable bonds is 4. The molecule has 6 nitrogen and oxygen atoms in total. The molecule has 0 saturated carbocycles. The lowest BCUT2D eigenvalue weighted by atomic mass is 9.87. The number of benzene rings is 2. The second kappa shape index (κ2) is 7.25. The Balaban J connectivity index is 2.23. The summed E-state index contributed by atoms with van der Waals surface area (Å²) in [7, 11) is 1.56. The lowest BCUT2D eigenvalue weighted by Crippen LogP contribution is -2.19. The third-order valence-corrected chi connectivity index (χ3v) is 3.73. The van der Waals surface area contributed by atoms with Gasteiger partial charge in [-0.25, -0.2) is 4.79 Å². The Labute approximate surface area is 147 Å². The summed E-state index contributed by atoms with van der Waals surface area (Å²) in [6, 6.07) is 11.5. The van der Waals surface area contributed by atoms with Crippen molar-refractivity contribution in [1.82, 2.24) is 0 Å². The van der Waals surface area contributed by atoms with Crippen molar-refractivity contribution in [3.8, 4) is 5.75 Å². The first kappa shape index (κ1) is 18.3. The van der Waals surface area contributed by atoms with Gasteiger partial charge in [0.15, 0.2) is 0 Å². The van der Waals surface area contributed by atoms with Crippen LogP contribution in [0.2, 0.25) is 0 Å². The maximum absolute atomic E-state index is 12.5. The van der Waals surface area contributed by atoms with E-state index in [1.807, 2.05) is 18.2 Å². The molecule has 132 valence electrons. The molecule has 4 N–H and O–H groups in total. The standard InChI is InChI=1S/C19H23N3O3/c1-19(2,3)13-7-10-16(25-4)15(11-13)22-17(23)12-5-8-14(9-6-12)21-18(20)24/h5-11H,1-4H3,(H,22,23)(H3,20,21,24). The fourth-order valence-electron chi connectivity index (χ4n) is 2.31. The molecule has 2 aromatic rings. The van der Waals surface area contributed by atoms with Crippen LogP contribution in [-0.2, 0) is 5.41 Å². The van der Waals surface area contributed by atoms with E-state index in [4.69, 9.17) is 10.5 Å². The average Bonchev–Trinajstić information content (AvgIpc) is 2.54. The molecule has 0 saturated heterocycles. The van der Waals surface area contributed by atoms with Crippen molar-refractivity contribution in [2.75, 3.05) is 17.7 Å². The number of primary amides is 1. The predicted molar refractivity (Wildman–Crippen MR) is 99.3 cm³/mol. The van der Waals surface area contributed by atoms with E-state index in [-0.39, 0.29) is 11.3 Å². The second-order valence-corrected chi connectivity index (χ2v) is 6.69. The minimum atomic E-state index is -0.652. The predicted octanol–water partition coefficient (Wildman–Crippen LogP) is 3.74. The van der Waals surface area contributed by atoms with Crippen LogP contribution in [0.5, 0.6) is 5.75 Å². The molecule has 25 heavy (non-hydrogen) atoms. The highest BCUT2D eigenvalue weighted by Gasteiger charge is 2.17. The molecule has 3 amide bonds. The SMILES string of the molecule is COc1ccc(C(C)(C)C)cc1NC(=O)c1ccc(NC(N)=O)cc1. The van der Waals surface area contributed by atoms with Crippen LogP contribution < -0.4 is 21.1 Å². The number of nitrogens with two attached hydrogens (primary N) is 1. The summed E-state index contributed by atoms with van der Waals surface area (Å²) in [5.74, 6) is 0.323. The molecule has 0 unspecified atom stereocenters. The van der Waals surface area contributed by atoms with Crippen molar-refractivity contribution >= 4 is 23.3 Å². The lowest BCUT2D eigenvalue weighted by molar-refractivity contribution is 0.102. The molecule has 0 spiro atoms. The van der Waals surface area contributed by atoms with Crippen molar-refractivity contribution in [3.63, 3.8) is 0 Å². The summed E-state index contributed by atoms with van der Waals surface area (Å²) in [5, 5.41) is 5.32. The highest BCUT2D eigenvalue weighted by molar-refractivity contribution is 6.05. The van der Waals surface area contributed by atoms with Gasteiger partial charge in [-0.1, -0.05) is 26.8 Å². The molecule has 0 heterocycles. The van der Waals surface area contributed by atoms with Gasteiger partial charge in [-0.05, 0) is 47.4 Å². The highest BCUT2D eigenvalue weighted by Crippen LogP contribution is 2.31. The van der Waals surface area contributed by atoms with Crippen molar-refractivity contribution in [1.29, 1.82) is 0 Å². The summed E-state index contributed by atoms with van der Waals surface area (Å²) in [6.45, 7) is 6.31. The number of amides is 3. The van der Waals surface area contributed by atoms with E-state index in [1.54, 1.807) is 31.4 Å². The maximum Gasteiger partial charge on any atom is 0.316 e. The smallest absolute Gasteiger partial charge is 0.316 e. The van der Waals surface area contributed by atoms with Crippen molar-refractivity contribution in [2.45, 2.75) is 26.2 Å². The van der Waals surface area contributed by atoms with E-state index in [0.29, 0.717) is 22.7 Å². The van der Waals surface area contributed by atoms with Gasteiger partial charge in [0, 0.05) is 11.3 Å². The normalized spacial score (nSPS) is 10.9. The molecule has 0 aliphatic carbocycles. The van der Waals surface area contributed by atoms with Crippen LogP contribution >= 0.6 is 0 Å². The minimum absolute atomic E-state index is 0.0478. The molecule has 0 atom stereocenters. The number of urea groups is 1. The van der Waals surface area contributed by atoms with E-state index in [1.165, 1.54) is 0 Å². The van der Waals surface area contributed by atoms with E-state index in [9.17, 15) is 9.59 Å². The van der Waals surface area contributed by atoms with Gasteiger partial charge in [0.2, 0.25) is 0 Å². The number of methoxy groups -OCH3 is 1. The maximum atomic E-state index is 12.5. The van der Waals surface area contributed by atoms with Crippen LogP contribution in [0.3, 0.4) is 0 Å². The van der Waals surface area contributed by atoms with Gasteiger partial charge in [-0.3, -0.25) is 4.79 Å². The van der Waals surface area contributed by atoms with Crippen LogP contribution in [-0.4, -0.2) is 19.0 Å². The monoisotopic (exact) mass is 341 g/mol. The number of hydrogen-bond acceptors (Lipinski definition) is 3. The molecule has 6 heteroatoms. The van der Waals surface area contributed by atoms with Crippen molar-refractivity contribution < 1.29 is 14.3 Å². The number of carbonyl (C=O) groups excluding carboxylic acids is 2. The Kier molecular flexibility index (Phi) is 5.32. The second-order valence-electron chi connectivity index (χ2n) is 6.69. The molecule has 2 rings (SSSR count). The molecule has 0 aliphatic rings. The van der Waals surface area contributed by atoms with Gasteiger partial charge in [-0.2, -0.15) is 0 Å². The number of hydrogen-bond donors (Lipinski definition) is 3. The molecular weight excluding hydrogens is 318 g/mol. The van der Waals surface area contributed by atoms with Crippen molar-refractivity contribution in [3.05, 3.63) is 53.6 Å². The Morgan fingerprint density at radius 2 is 1.64 bits per heavy atom. The largest absolute Gasteiger partial charge is 0.495 e. The molecule has 0 aliphatic heterocycles. The number of anilines is 2. The average molecular weight is 341 g/mol. The summed E-state index contributed by atoms with van der Waals surface area (Å²) >= 11 is 0. The number of nitrogens with one attached hydrogen (secondary N) is 2. The topological polar surface area (TPSA) is 93.4 Å². The van der Waals surface area contributed by atoms with Gasteiger partial charge in [0.1, 0.15) is 5.75 Å². The van der Waals surface area contributed by atoms with Gasteiger partial charge in [0.25, 0.3) is 5.91 Å². The van der Waals surface area contributed by atoms with Crippen LogP contribution in [0.25, 0.3) is 0 Å². The van der Waals surface area contributed by atoms with E-state index < -0.39 is 6.03 Å². The van der Waals surface area contributed by atoms with Crippen LogP contribution in [0, 0.1) is 0 Å². The number of ether oxygens (including phenoxy) is 1. The van der Waals surface area contributed by atoms with E-state index in [0.717, 1.165) is 5.56 Å².